The van der Waals surface area contributed by atoms with Gasteiger partial charge in [0.2, 0.25) is 0 Å². The van der Waals surface area contributed by atoms with Crippen molar-refractivity contribution in [2.75, 3.05) is 5.32 Å². The molecule has 4 aromatic carbocycles. The van der Waals surface area contributed by atoms with Crippen molar-refractivity contribution < 1.29 is 19.1 Å². The van der Waals surface area contributed by atoms with Crippen LogP contribution in [-0.4, -0.2) is 24.0 Å². The number of hydrogen-bond donors (Lipinski definition) is 2. The summed E-state index contributed by atoms with van der Waals surface area (Å²) in [6, 6.07) is 21.5. The van der Waals surface area contributed by atoms with E-state index in [1.165, 1.54) is 18.3 Å². The first-order valence-electron chi connectivity index (χ1n) is 10.4. The number of amides is 2. The van der Waals surface area contributed by atoms with Crippen LogP contribution in [0.15, 0.2) is 84.0 Å². The fraction of sp³-hybridized carbons (Fsp3) is 0. The predicted octanol–water partition coefficient (Wildman–Crippen LogP) is 6.11. The van der Waals surface area contributed by atoms with Gasteiger partial charge in [-0.05, 0) is 59.3 Å². The van der Waals surface area contributed by atoms with Gasteiger partial charge in [0.05, 0.1) is 22.5 Å². The fourth-order valence-electron chi connectivity index (χ4n) is 3.22. The number of hydrogen-bond acceptors (Lipinski definition) is 5. The zero-order valence-corrected chi connectivity index (χ0v) is 20.6. The van der Waals surface area contributed by atoms with Crippen LogP contribution in [0.25, 0.3) is 10.8 Å². The zero-order chi connectivity index (χ0) is 25.7. The summed E-state index contributed by atoms with van der Waals surface area (Å²) >= 11 is 17.8. The molecule has 0 aliphatic rings. The Kier molecular flexibility index (Phi) is 7.85. The van der Waals surface area contributed by atoms with Crippen LogP contribution in [0.5, 0.6) is 5.75 Å². The zero-order valence-electron chi connectivity index (χ0n) is 18.3. The molecule has 0 heterocycles. The van der Waals surface area contributed by atoms with Crippen molar-refractivity contribution in [2.45, 2.75) is 0 Å². The number of hydrazone groups is 1. The average Bonchev–Trinajstić information content (AvgIpc) is 2.87. The molecule has 0 saturated heterocycles. The van der Waals surface area contributed by atoms with Gasteiger partial charge >= 0.3 is 17.8 Å². The van der Waals surface area contributed by atoms with E-state index in [9.17, 15) is 14.4 Å². The molecular formula is C26H16Cl3N3O4. The number of carbonyl (C=O) groups excluding carboxylic acids is 3. The summed E-state index contributed by atoms with van der Waals surface area (Å²) in [5.41, 5.74) is 3.07. The first kappa shape index (κ1) is 25.2. The van der Waals surface area contributed by atoms with E-state index in [-0.39, 0.29) is 16.5 Å². The summed E-state index contributed by atoms with van der Waals surface area (Å²) in [5.74, 6) is -2.42. The maximum atomic E-state index is 12.7. The molecule has 0 bridgehead atoms. The van der Waals surface area contributed by atoms with Crippen LogP contribution in [0.3, 0.4) is 0 Å². The minimum Gasteiger partial charge on any atom is -0.422 e. The van der Waals surface area contributed by atoms with Gasteiger partial charge in [0.1, 0.15) is 5.75 Å². The lowest BCUT2D eigenvalue weighted by atomic mass is 10.0. The molecule has 180 valence electrons. The smallest absolute Gasteiger partial charge is 0.343 e. The highest BCUT2D eigenvalue weighted by atomic mass is 35.5. The third-order valence-corrected chi connectivity index (χ3v) is 5.77. The van der Waals surface area contributed by atoms with Crippen molar-refractivity contribution >= 4 is 75.3 Å². The van der Waals surface area contributed by atoms with E-state index >= 15 is 0 Å². The van der Waals surface area contributed by atoms with Gasteiger partial charge in [-0.15, -0.1) is 0 Å². The summed E-state index contributed by atoms with van der Waals surface area (Å²) < 4.78 is 5.60. The summed E-state index contributed by atoms with van der Waals surface area (Å²) in [7, 11) is 0. The van der Waals surface area contributed by atoms with Crippen LogP contribution in [0, 0.1) is 0 Å². The van der Waals surface area contributed by atoms with Gasteiger partial charge in [-0.1, -0.05) is 65.1 Å². The molecule has 36 heavy (non-hydrogen) atoms. The van der Waals surface area contributed by atoms with Crippen LogP contribution in [0.1, 0.15) is 15.9 Å². The second kappa shape index (κ2) is 11.2. The van der Waals surface area contributed by atoms with Crippen LogP contribution in [-0.2, 0) is 9.59 Å². The number of esters is 1. The van der Waals surface area contributed by atoms with E-state index in [2.05, 4.69) is 15.8 Å². The minimum atomic E-state index is -1.04. The van der Waals surface area contributed by atoms with Crippen molar-refractivity contribution in [3.63, 3.8) is 0 Å². The Morgan fingerprint density at radius 2 is 1.53 bits per heavy atom. The highest BCUT2D eigenvalue weighted by Crippen LogP contribution is 2.28. The number of nitrogens with zero attached hydrogens (tertiary/aromatic N) is 1. The number of nitrogens with one attached hydrogen (secondary N) is 2. The Bertz CT molecular complexity index is 1500. The SMILES string of the molecule is O=C(NN=Cc1c(OC(=O)c2ccc(Cl)cc2)ccc2ccccc12)C(=O)Nc1cc(Cl)ccc1Cl. The second-order valence-electron chi connectivity index (χ2n) is 7.37. The maximum Gasteiger partial charge on any atom is 0.343 e. The molecule has 0 saturated carbocycles. The number of ether oxygens (including phenoxy) is 1. The lowest BCUT2D eigenvalue weighted by Gasteiger charge is -2.11. The summed E-state index contributed by atoms with van der Waals surface area (Å²) in [4.78, 5) is 37.2. The van der Waals surface area contributed by atoms with E-state index < -0.39 is 17.8 Å². The number of anilines is 1. The average molecular weight is 541 g/mol. The van der Waals surface area contributed by atoms with Crippen molar-refractivity contribution in [3.05, 3.63) is 105 Å². The normalized spacial score (nSPS) is 10.9. The number of fused-ring (bicyclic) bond motifs is 1. The fourth-order valence-corrected chi connectivity index (χ4v) is 3.68. The molecule has 7 nitrogen and oxygen atoms in total. The van der Waals surface area contributed by atoms with Gasteiger partial charge in [0.15, 0.2) is 0 Å². The highest BCUT2D eigenvalue weighted by Gasteiger charge is 2.16. The van der Waals surface area contributed by atoms with Gasteiger partial charge in [0.25, 0.3) is 0 Å². The molecule has 0 radical (unpaired) electrons. The van der Waals surface area contributed by atoms with Crippen LogP contribution in [0.2, 0.25) is 15.1 Å². The van der Waals surface area contributed by atoms with E-state index in [0.717, 1.165) is 5.39 Å². The third kappa shape index (κ3) is 6.01. The quantitative estimate of drug-likeness (QED) is 0.105. The van der Waals surface area contributed by atoms with E-state index in [0.29, 0.717) is 26.6 Å². The number of rotatable bonds is 5. The van der Waals surface area contributed by atoms with Crippen molar-refractivity contribution in [2.24, 2.45) is 5.10 Å². The summed E-state index contributed by atoms with van der Waals surface area (Å²) in [5, 5.41) is 8.87. The van der Waals surface area contributed by atoms with Crippen molar-refractivity contribution in [1.82, 2.24) is 5.43 Å². The van der Waals surface area contributed by atoms with Gasteiger partial charge in [-0.25, -0.2) is 10.2 Å². The minimum absolute atomic E-state index is 0.179. The van der Waals surface area contributed by atoms with Gasteiger partial charge in [0, 0.05) is 15.6 Å². The second-order valence-corrected chi connectivity index (χ2v) is 8.65. The third-order valence-electron chi connectivity index (χ3n) is 4.96. The molecule has 4 aromatic rings. The Morgan fingerprint density at radius 1 is 0.806 bits per heavy atom. The van der Waals surface area contributed by atoms with Crippen molar-refractivity contribution in [1.29, 1.82) is 0 Å². The summed E-state index contributed by atoms with van der Waals surface area (Å²) in [6.45, 7) is 0. The molecule has 2 N–H and O–H groups in total. The molecule has 10 heteroatoms. The number of halogens is 3. The highest BCUT2D eigenvalue weighted by molar-refractivity contribution is 6.42. The molecule has 0 spiro atoms. The Balaban J connectivity index is 1.54. The van der Waals surface area contributed by atoms with Crippen LogP contribution < -0.4 is 15.5 Å². The molecule has 0 aliphatic heterocycles. The molecule has 0 aliphatic carbocycles. The van der Waals surface area contributed by atoms with E-state index in [1.807, 2.05) is 24.3 Å². The van der Waals surface area contributed by atoms with Gasteiger partial charge < -0.3 is 10.1 Å². The first-order chi connectivity index (χ1) is 17.3. The topological polar surface area (TPSA) is 96.9 Å². The molecule has 2 amide bonds. The summed E-state index contributed by atoms with van der Waals surface area (Å²) in [6.07, 6.45) is 1.30. The monoisotopic (exact) mass is 539 g/mol. The molecule has 4 rings (SSSR count). The van der Waals surface area contributed by atoms with E-state index in [1.54, 1.807) is 42.5 Å². The molecule has 0 atom stereocenters. The standard InChI is InChI=1S/C26H16Cl3N3O4/c27-17-8-5-16(6-9-17)26(35)36-23-12-7-15-3-1-2-4-19(15)20(23)14-30-32-25(34)24(33)31-22-13-18(28)10-11-21(22)29/h1-14H,(H,31,33)(H,32,34). The lowest BCUT2D eigenvalue weighted by Crippen LogP contribution is -2.32. The van der Waals surface area contributed by atoms with Crippen LogP contribution >= 0.6 is 34.8 Å². The molecular weight excluding hydrogens is 525 g/mol. The number of carbonyl (C=O) groups is 3. The van der Waals surface area contributed by atoms with Gasteiger partial charge in [-0.3, -0.25) is 9.59 Å². The Morgan fingerprint density at radius 3 is 2.31 bits per heavy atom. The molecule has 0 fully saturated rings. The Labute approximate surface area is 220 Å². The van der Waals surface area contributed by atoms with E-state index in [4.69, 9.17) is 39.5 Å². The predicted molar refractivity (Wildman–Crippen MR) is 141 cm³/mol. The largest absolute Gasteiger partial charge is 0.422 e. The lowest BCUT2D eigenvalue weighted by molar-refractivity contribution is -0.136. The van der Waals surface area contributed by atoms with Gasteiger partial charge in [-0.2, -0.15) is 5.10 Å². The Hall–Kier alpha value is -3.91. The van der Waals surface area contributed by atoms with Crippen molar-refractivity contribution in [3.8, 4) is 5.75 Å². The first-order valence-corrected chi connectivity index (χ1v) is 11.5. The molecule has 0 aromatic heterocycles. The van der Waals surface area contributed by atoms with Crippen LogP contribution in [0.4, 0.5) is 5.69 Å². The number of benzene rings is 4. The maximum absolute atomic E-state index is 12.7. The molecule has 0 unspecified atom stereocenters.